The first-order valence-electron chi connectivity index (χ1n) is 4.92. The van der Waals surface area contributed by atoms with E-state index >= 15 is 0 Å². The van der Waals surface area contributed by atoms with Gasteiger partial charge in [0.25, 0.3) is 0 Å². The lowest BCUT2D eigenvalue weighted by atomic mass is 10.1. The quantitative estimate of drug-likeness (QED) is 0.651. The molecule has 3 N–H and O–H groups in total. The largest absolute Gasteiger partial charge is 0.409 e. The van der Waals surface area contributed by atoms with Gasteiger partial charge in [-0.2, -0.15) is 26.3 Å². The summed E-state index contributed by atoms with van der Waals surface area (Å²) < 4.78 is 86.2. The molecule has 10 heteroatoms. The lowest BCUT2D eigenvalue weighted by molar-refractivity contribution is -0.272. The highest BCUT2D eigenvalue weighted by atomic mass is 19.4. The topological polar surface area (TPSA) is 55.1 Å². The van der Waals surface area contributed by atoms with E-state index in [1.54, 1.807) is 0 Å². The molecule has 0 atom stereocenters. The molecule has 0 spiro atoms. The molecular formula is C10H7F7N2O. The van der Waals surface area contributed by atoms with Crippen LogP contribution in [0.1, 0.15) is 0 Å². The van der Waals surface area contributed by atoms with E-state index in [9.17, 15) is 35.5 Å². The zero-order valence-corrected chi connectivity index (χ0v) is 9.44. The number of carbonyl (C=O) groups excluding carboxylic acids is 1. The number of benzene rings is 1. The highest BCUT2D eigenvalue weighted by Gasteiger charge is 2.61. The van der Waals surface area contributed by atoms with E-state index in [1.165, 1.54) is 5.32 Å². The molecule has 0 aliphatic carbocycles. The molecule has 1 aromatic carbocycles. The summed E-state index contributed by atoms with van der Waals surface area (Å²) in [4.78, 5) is 11.1. The monoisotopic (exact) mass is 304 g/mol. The summed E-state index contributed by atoms with van der Waals surface area (Å²) in [7, 11) is 0. The van der Waals surface area contributed by atoms with Gasteiger partial charge in [0, 0.05) is 0 Å². The molecule has 0 aromatic heterocycles. The second-order valence-electron chi connectivity index (χ2n) is 3.74. The highest BCUT2D eigenvalue weighted by molar-refractivity contribution is 5.96. The highest BCUT2D eigenvalue weighted by Crippen LogP contribution is 2.40. The third-order valence-corrected chi connectivity index (χ3v) is 2.19. The van der Waals surface area contributed by atoms with Crippen LogP contribution in [0.4, 0.5) is 42.1 Å². The summed E-state index contributed by atoms with van der Waals surface area (Å²) in [6, 6.07) is 2.13. The van der Waals surface area contributed by atoms with Crippen molar-refractivity contribution < 1.29 is 35.5 Å². The van der Waals surface area contributed by atoms with E-state index in [-0.39, 0.29) is 0 Å². The van der Waals surface area contributed by atoms with E-state index in [1.807, 2.05) is 0 Å². The molecular weight excluding hydrogens is 297 g/mol. The average Bonchev–Trinajstić information content (AvgIpc) is 2.17. The Morgan fingerprint density at radius 1 is 1.10 bits per heavy atom. The molecule has 1 aromatic rings. The minimum atomic E-state index is -5.81. The lowest BCUT2D eigenvalue weighted by Crippen LogP contribution is -2.45. The van der Waals surface area contributed by atoms with Crippen molar-refractivity contribution in [3.8, 4) is 0 Å². The number of alkyl halides is 6. The number of hydrogen-bond acceptors (Lipinski definition) is 2. The zero-order chi connectivity index (χ0) is 15.7. The van der Waals surface area contributed by atoms with E-state index in [0.29, 0.717) is 6.07 Å². The van der Waals surface area contributed by atoms with Crippen molar-refractivity contribution in [3.63, 3.8) is 0 Å². The third kappa shape index (κ3) is 3.75. The van der Waals surface area contributed by atoms with E-state index in [4.69, 9.17) is 5.73 Å². The molecule has 0 bridgehead atoms. The normalized spacial score (nSPS) is 12.6. The lowest BCUT2D eigenvalue weighted by Gasteiger charge is -2.22. The van der Waals surface area contributed by atoms with E-state index < -0.39 is 41.4 Å². The summed E-state index contributed by atoms with van der Waals surface area (Å²) >= 11 is 0. The van der Waals surface area contributed by atoms with Gasteiger partial charge in [-0.3, -0.25) is 4.79 Å². The fourth-order valence-corrected chi connectivity index (χ4v) is 1.34. The third-order valence-electron chi connectivity index (χ3n) is 2.19. The number of carbonyl (C=O) groups is 1. The summed E-state index contributed by atoms with van der Waals surface area (Å²) in [6.07, 6.45) is -11.6. The Bertz CT molecular complexity index is 495. The summed E-state index contributed by atoms with van der Waals surface area (Å²) in [5.41, 5.74) is 4.13. The molecule has 0 unspecified atom stereocenters. The smallest absolute Gasteiger partial charge is 0.397 e. The minimum Gasteiger partial charge on any atom is -0.397 e. The Morgan fingerprint density at radius 2 is 1.60 bits per heavy atom. The van der Waals surface area contributed by atoms with Gasteiger partial charge in [-0.1, -0.05) is 0 Å². The van der Waals surface area contributed by atoms with Crippen LogP contribution in [0.25, 0.3) is 0 Å². The van der Waals surface area contributed by atoms with Crippen LogP contribution >= 0.6 is 0 Å². The molecule has 0 heterocycles. The van der Waals surface area contributed by atoms with Crippen molar-refractivity contribution in [2.45, 2.75) is 12.4 Å². The van der Waals surface area contributed by atoms with Gasteiger partial charge in [-0.25, -0.2) is 4.39 Å². The first-order chi connectivity index (χ1) is 8.93. The van der Waals surface area contributed by atoms with Crippen molar-refractivity contribution in [3.05, 3.63) is 24.0 Å². The van der Waals surface area contributed by atoms with Gasteiger partial charge in [-0.05, 0) is 18.2 Å². The predicted molar refractivity (Wildman–Crippen MR) is 55.0 cm³/mol. The number of hydrogen-bond donors (Lipinski definition) is 2. The number of nitrogen functional groups attached to an aromatic ring is 1. The van der Waals surface area contributed by atoms with Crippen LogP contribution in [-0.2, 0) is 4.79 Å². The van der Waals surface area contributed by atoms with Gasteiger partial charge in [0.15, 0.2) is 0 Å². The van der Waals surface area contributed by atoms with Crippen molar-refractivity contribution in [1.29, 1.82) is 0 Å². The predicted octanol–water partition coefficient (Wildman–Crippen LogP) is 3.09. The maximum Gasteiger partial charge on any atom is 0.409 e. The van der Waals surface area contributed by atoms with Crippen LogP contribution in [0.2, 0.25) is 0 Å². The van der Waals surface area contributed by atoms with E-state index in [2.05, 4.69) is 0 Å². The Morgan fingerprint density at radius 3 is 2.00 bits per heavy atom. The molecule has 0 fully saturated rings. The number of anilines is 2. The van der Waals surface area contributed by atoms with Gasteiger partial charge < -0.3 is 11.1 Å². The van der Waals surface area contributed by atoms with Crippen LogP contribution in [0.3, 0.4) is 0 Å². The van der Waals surface area contributed by atoms with Crippen LogP contribution in [0, 0.1) is 11.7 Å². The van der Waals surface area contributed by atoms with Crippen LogP contribution < -0.4 is 11.1 Å². The first-order valence-corrected chi connectivity index (χ1v) is 4.92. The van der Waals surface area contributed by atoms with Crippen LogP contribution in [0.15, 0.2) is 18.2 Å². The fourth-order valence-electron chi connectivity index (χ4n) is 1.34. The van der Waals surface area contributed by atoms with E-state index in [0.717, 1.165) is 12.1 Å². The molecule has 0 radical (unpaired) electrons. The molecule has 1 rings (SSSR count). The Balaban J connectivity index is 3.04. The number of rotatable bonds is 2. The van der Waals surface area contributed by atoms with Gasteiger partial charge >= 0.3 is 12.4 Å². The van der Waals surface area contributed by atoms with Gasteiger partial charge in [0.05, 0.1) is 11.4 Å². The molecule has 3 nitrogen and oxygen atoms in total. The maximum absolute atomic E-state index is 12.7. The van der Waals surface area contributed by atoms with Crippen molar-refractivity contribution in [2.75, 3.05) is 11.1 Å². The van der Waals surface area contributed by atoms with Crippen LogP contribution in [0.5, 0.6) is 0 Å². The Hall–Kier alpha value is -2.00. The van der Waals surface area contributed by atoms with Crippen molar-refractivity contribution in [1.82, 2.24) is 0 Å². The van der Waals surface area contributed by atoms with Gasteiger partial charge in [-0.15, -0.1) is 0 Å². The summed E-state index contributed by atoms with van der Waals surface area (Å²) in [6.45, 7) is 0. The number of nitrogens with two attached hydrogens (primary N) is 1. The second kappa shape index (κ2) is 5.17. The fraction of sp³-hybridized carbons (Fsp3) is 0.300. The molecule has 20 heavy (non-hydrogen) atoms. The molecule has 1 amide bonds. The number of halogens is 7. The molecule has 0 aliphatic rings. The average molecular weight is 304 g/mol. The Kier molecular flexibility index (Phi) is 4.15. The van der Waals surface area contributed by atoms with Crippen molar-refractivity contribution >= 4 is 17.3 Å². The number of nitrogens with one attached hydrogen (secondary N) is 1. The van der Waals surface area contributed by atoms with Gasteiger partial charge in [0.1, 0.15) is 5.82 Å². The molecule has 0 saturated heterocycles. The van der Waals surface area contributed by atoms with Crippen molar-refractivity contribution in [2.24, 2.45) is 5.92 Å². The molecule has 0 saturated carbocycles. The standard InChI is InChI=1S/C10H7F7N2O/c11-4-1-2-6(5(18)3-4)19-8(20)7(9(12,13)14)10(15,16)17/h1-3,7H,18H2,(H,19,20). The molecule has 0 aliphatic heterocycles. The number of amides is 1. The minimum absolute atomic E-state index is 0.499. The SMILES string of the molecule is Nc1cc(F)ccc1NC(=O)C(C(F)(F)F)C(F)(F)F. The first kappa shape index (κ1) is 16.1. The maximum atomic E-state index is 12.7. The summed E-state index contributed by atoms with van der Waals surface area (Å²) in [5.74, 6) is -7.40. The second-order valence-corrected chi connectivity index (χ2v) is 3.74. The summed E-state index contributed by atoms with van der Waals surface area (Å²) in [5, 5.41) is 1.38. The van der Waals surface area contributed by atoms with Crippen LogP contribution in [-0.4, -0.2) is 18.3 Å². The Labute approximate surface area is 107 Å². The zero-order valence-electron chi connectivity index (χ0n) is 9.44. The molecule has 112 valence electrons. The van der Waals surface area contributed by atoms with Gasteiger partial charge in [0.2, 0.25) is 11.8 Å².